The lowest BCUT2D eigenvalue weighted by Crippen LogP contribution is -1.97. The number of pyridine rings is 2. The summed E-state index contributed by atoms with van der Waals surface area (Å²) in [4.78, 5) is 10.5. The maximum atomic E-state index is 5.46. The van der Waals surface area contributed by atoms with Gasteiger partial charge in [0.2, 0.25) is 0 Å². The molecular weight excluding hydrogens is 741 g/mol. The van der Waals surface area contributed by atoms with Gasteiger partial charge in [0.15, 0.2) is 0 Å². The van der Waals surface area contributed by atoms with Gasteiger partial charge in [0.25, 0.3) is 0 Å². The molecule has 0 bridgehead atoms. The number of para-hydroxylation sites is 1. The largest absolute Gasteiger partial charge is 0.245 e. The third-order valence-electron chi connectivity index (χ3n) is 12.0. The third-order valence-corrected chi connectivity index (χ3v) is 12.0. The molecule has 0 N–H and O–H groups in total. The Bertz CT molecular complexity index is 3620. The molecule has 0 aliphatic heterocycles. The maximum absolute atomic E-state index is 5.46. The van der Waals surface area contributed by atoms with Crippen LogP contribution in [0.4, 0.5) is 0 Å². The highest BCUT2D eigenvalue weighted by Gasteiger charge is 2.25. The van der Waals surface area contributed by atoms with Crippen molar-refractivity contribution < 1.29 is 0 Å². The lowest BCUT2D eigenvalue weighted by Gasteiger charge is -2.18. The van der Waals surface area contributed by atoms with Gasteiger partial charge < -0.3 is 0 Å². The van der Waals surface area contributed by atoms with Gasteiger partial charge in [0.1, 0.15) is 5.69 Å². The summed E-state index contributed by atoms with van der Waals surface area (Å²) in [6, 6.07) is 77.4. The lowest BCUT2D eigenvalue weighted by molar-refractivity contribution is 0.918. The number of hydrogen-bond donors (Lipinski definition) is 0. The Labute approximate surface area is 352 Å². The summed E-state index contributed by atoms with van der Waals surface area (Å²) in [5.41, 5.74) is 14.6. The molecule has 0 atom stereocenters. The summed E-state index contributed by atoms with van der Waals surface area (Å²) in [7, 11) is 0. The number of hydrogen-bond acceptors (Lipinski definition) is 3. The van der Waals surface area contributed by atoms with Crippen molar-refractivity contribution in [1.29, 1.82) is 0 Å². The van der Waals surface area contributed by atoms with Crippen LogP contribution in [0.15, 0.2) is 218 Å². The van der Waals surface area contributed by atoms with E-state index in [4.69, 9.17) is 15.1 Å². The summed E-state index contributed by atoms with van der Waals surface area (Å²) in [6.07, 6.45) is 0. The molecule has 0 aliphatic rings. The van der Waals surface area contributed by atoms with Crippen molar-refractivity contribution in [2.45, 2.75) is 0 Å². The van der Waals surface area contributed by atoms with Crippen LogP contribution in [0.1, 0.15) is 0 Å². The van der Waals surface area contributed by atoms with Gasteiger partial charge in [-0.3, -0.25) is 0 Å². The minimum Gasteiger partial charge on any atom is -0.245 e. The molecule has 0 amide bonds. The molecule has 0 radical (unpaired) electrons. The second-order valence-electron chi connectivity index (χ2n) is 15.6. The number of nitrogens with zero attached hydrogens (tertiary/aromatic N) is 4. The molecule has 4 nitrogen and oxygen atoms in total. The van der Waals surface area contributed by atoms with Crippen LogP contribution < -0.4 is 0 Å². The van der Waals surface area contributed by atoms with Crippen LogP contribution >= 0.6 is 0 Å². The number of rotatable bonds is 6. The fraction of sp³-hybridized carbons (Fsp3) is 0. The predicted octanol–water partition coefficient (Wildman–Crippen LogP) is 14.8. The maximum Gasteiger partial charge on any atom is 0.101 e. The molecule has 4 heteroatoms. The van der Waals surface area contributed by atoms with E-state index in [1.807, 2.05) is 6.07 Å². The fourth-order valence-electron chi connectivity index (χ4n) is 9.08. The Morgan fingerprint density at radius 3 is 1.48 bits per heavy atom. The number of aromatic nitrogens is 4. The molecule has 0 saturated carbocycles. The van der Waals surface area contributed by atoms with Crippen LogP contribution in [-0.2, 0) is 0 Å². The summed E-state index contributed by atoms with van der Waals surface area (Å²) in [5.74, 6) is 0. The minimum absolute atomic E-state index is 0.902. The summed E-state index contributed by atoms with van der Waals surface area (Å²) in [5, 5.41) is 13.4. The number of fused-ring (bicyclic) bond motifs is 7. The molecule has 284 valence electrons. The van der Waals surface area contributed by atoms with Crippen molar-refractivity contribution in [3.63, 3.8) is 0 Å². The molecule has 0 fully saturated rings. The monoisotopic (exact) mass is 776 g/mol. The van der Waals surface area contributed by atoms with Crippen molar-refractivity contribution in [2.75, 3.05) is 0 Å². The zero-order valence-corrected chi connectivity index (χ0v) is 33.1. The molecule has 0 saturated heterocycles. The van der Waals surface area contributed by atoms with Crippen molar-refractivity contribution in [1.82, 2.24) is 19.7 Å². The molecule has 61 heavy (non-hydrogen) atoms. The third kappa shape index (κ3) is 5.88. The molecule has 12 aromatic rings. The summed E-state index contributed by atoms with van der Waals surface area (Å²) < 4.78 is 2.14. The van der Waals surface area contributed by atoms with Crippen LogP contribution in [0.3, 0.4) is 0 Å². The van der Waals surface area contributed by atoms with E-state index >= 15 is 0 Å². The molecule has 0 spiro atoms. The van der Waals surface area contributed by atoms with Crippen molar-refractivity contribution in [3.05, 3.63) is 218 Å². The van der Waals surface area contributed by atoms with Gasteiger partial charge in [-0.25, -0.2) is 14.6 Å². The quantitative estimate of drug-likeness (QED) is 0.158. The van der Waals surface area contributed by atoms with Gasteiger partial charge in [0.05, 0.1) is 33.6 Å². The van der Waals surface area contributed by atoms with Crippen LogP contribution in [-0.4, -0.2) is 19.7 Å². The smallest absolute Gasteiger partial charge is 0.101 e. The van der Waals surface area contributed by atoms with Gasteiger partial charge in [-0.05, 0) is 69.2 Å². The Balaban J connectivity index is 1.09. The van der Waals surface area contributed by atoms with Gasteiger partial charge >= 0.3 is 0 Å². The van der Waals surface area contributed by atoms with Crippen LogP contribution in [0.2, 0.25) is 0 Å². The Morgan fingerprint density at radius 1 is 0.328 bits per heavy atom. The van der Waals surface area contributed by atoms with Gasteiger partial charge in [-0.2, -0.15) is 5.10 Å². The van der Waals surface area contributed by atoms with E-state index in [1.54, 1.807) is 0 Å². The van der Waals surface area contributed by atoms with E-state index in [0.717, 1.165) is 99.6 Å². The minimum atomic E-state index is 0.902. The molecular formula is C57H36N4. The standard InChI is InChI=1S/C57H36N4/c1-5-15-38(16-6-1)49-33-31-41-27-28-42-32-34-50(59-56(42)55(41)58-49)43-29-25-37-26-30-44(36-45(37)35-43)51-47-23-13-14-24-48(47)57-53(52(51)39-17-7-2-8-18-39)54(40-19-9-3-10-20-40)60-61(57)46-21-11-4-12-22-46/h1-36H. The van der Waals surface area contributed by atoms with E-state index in [0.29, 0.717) is 0 Å². The van der Waals surface area contributed by atoms with Crippen LogP contribution in [0, 0.1) is 0 Å². The highest BCUT2D eigenvalue weighted by molar-refractivity contribution is 6.24. The van der Waals surface area contributed by atoms with Crippen molar-refractivity contribution in [3.8, 4) is 61.7 Å². The van der Waals surface area contributed by atoms with E-state index < -0.39 is 0 Å². The van der Waals surface area contributed by atoms with E-state index in [-0.39, 0.29) is 0 Å². The SMILES string of the molecule is c1ccc(-c2ccc3ccc4ccc(-c5ccc6ccc(-c7c(-c8ccccc8)c8c(-c9ccccc9)nn(-c9ccccc9)c8c8ccccc78)cc6c5)nc4c3n2)cc1. The molecule has 0 aliphatic carbocycles. The summed E-state index contributed by atoms with van der Waals surface area (Å²) >= 11 is 0. The first-order chi connectivity index (χ1) is 30.2. The van der Waals surface area contributed by atoms with Crippen molar-refractivity contribution >= 4 is 54.3 Å². The van der Waals surface area contributed by atoms with E-state index in [1.165, 1.54) is 16.3 Å². The highest BCUT2D eigenvalue weighted by Crippen LogP contribution is 2.48. The first kappa shape index (κ1) is 34.8. The van der Waals surface area contributed by atoms with Crippen molar-refractivity contribution in [2.24, 2.45) is 0 Å². The topological polar surface area (TPSA) is 43.6 Å². The van der Waals surface area contributed by atoms with Gasteiger partial charge in [-0.15, -0.1) is 0 Å². The van der Waals surface area contributed by atoms with Gasteiger partial charge in [-0.1, -0.05) is 182 Å². The molecule has 3 aromatic heterocycles. The normalized spacial score (nSPS) is 11.6. The predicted molar refractivity (Wildman–Crippen MR) is 254 cm³/mol. The molecule has 3 heterocycles. The second kappa shape index (κ2) is 14.3. The second-order valence-corrected chi connectivity index (χ2v) is 15.6. The van der Waals surface area contributed by atoms with E-state index in [2.05, 4.69) is 217 Å². The summed E-state index contributed by atoms with van der Waals surface area (Å²) in [6.45, 7) is 0. The average Bonchev–Trinajstić information content (AvgIpc) is 3.75. The lowest BCUT2D eigenvalue weighted by atomic mass is 9.85. The zero-order valence-electron chi connectivity index (χ0n) is 33.1. The first-order valence-corrected chi connectivity index (χ1v) is 20.7. The molecule has 12 rings (SSSR count). The molecule has 9 aromatic carbocycles. The Hall–Kier alpha value is -8.21. The Morgan fingerprint density at radius 2 is 0.820 bits per heavy atom. The number of benzene rings is 9. The average molecular weight is 777 g/mol. The Kier molecular flexibility index (Phi) is 8.13. The van der Waals surface area contributed by atoms with E-state index in [9.17, 15) is 0 Å². The highest BCUT2D eigenvalue weighted by atomic mass is 15.3. The first-order valence-electron chi connectivity index (χ1n) is 20.7. The zero-order chi connectivity index (χ0) is 40.3. The van der Waals surface area contributed by atoms with Crippen LogP contribution in [0.5, 0.6) is 0 Å². The molecule has 0 unspecified atom stereocenters. The van der Waals surface area contributed by atoms with Gasteiger partial charge in [0, 0.05) is 43.8 Å². The fourth-order valence-corrected chi connectivity index (χ4v) is 9.08. The van der Waals surface area contributed by atoms with Crippen LogP contribution in [0.25, 0.3) is 116 Å².